The van der Waals surface area contributed by atoms with Crippen molar-refractivity contribution < 1.29 is 23.8 Å². The Morgan fingerprint density at radius 2 is 2.03 bits per heavy atom. The summed E-state index contributed by atoms with van der Waals surface area (Å²) in [6, 6.07) is 11.9. The summed E-state index contributed by atoms with van der Waals surface area (Å²) in [7, 11) is 0. The molecule has 146 valence electrons. The van der Waals surface area contributed by atoms with Crippen molar-refractivity contribution in [2.24, 2.45) is 4.99 Å². The molecule has 3 aromatic rings. The van der Waals surface area contributed by atoms with Crippen molar-refractivity contribution in [1.82, 2.24) is 14.8 Å². The molecular weight excluding hydrogens is 378 g/mol. The number of nitrogens with zero attached hydrogens (tertiary/aromatic N) is 4. The summed E-state index contributed by atoms with van der Waals surface area (Å²) in [6.07, 6.45) is 1.46. The quantitative estimate of drug-likeness (QED) is 0.304. The molecule has 0 saturated carbocycles. The SMILES string of the molecule is CC(=O)Oc1cccc(-n2nc(Nc3ccc4c(c3)OCCO4)nc2N=C=O)c1. The molecule has 4 rings (SSSR count). The van der Waals surface area contributed by atoms with Gasteiger partial charge in [0.15, 0.2) is 11.5 Å². The molecule has 1 aliphatic rings. The Morgan fingerprint density at radius 1 is 1.21 bits per heavy atom. The number of esters is 1. The highest BCUT2D eigenvalue weighted by atomic mass is 16.6. The number of anilines is 2. The molecule has 1 aromatic heterocycles. The second-order valence-electron chi connectivity index (χ2n) is 5.92. The van der Waals surface area contributed by atoms with Gasteiger partial charge in [0.2, 0.25) is 12.0 Å². The van der Waals surface area contributed by atoms with Crippen molar-refractivity contribution in [3.63, 3.8) is 0 Å². The lowest BCUT2D eigenvalue weighted by Crippen LogP contribution is -2.15. The van der Waals surface area contributed by atoms with Gasteiger partial charge in [-0.05, 0) is 24.3 Å². The second-order valence-corrected chi connectivity index (χ2v) is 5.92. The lowest BCUT2D eigenvalue weighted by atomic mass is 10.2. The van der Waals surface area contributed by atoms with Crippen molar-refractivity contribution >= 4 is 29.6 Å². The number of carbonyl (C=O) groups excluding carboxylic acids is 2. The predicted octanol–water partition coefficient (Wildman–Crippen LogP) is 2.67. The van der Waals surface area contributed by atoms with E-state index in [-0.39, 0.29) is 11.9 Å². The van der Waals surface area contributed by atoms with Gasteiger partial charge in [0.25, 0.3) is 5.95 Å². The number of aromatic nitrogens is 3. The van der Waals surface area contributed by atoms with E-state index in [0.717, 1.165) is 0 Å². The highest BCUT2D eigenvalue weighted by Gasteiger charge is 2.15. The number of isocyanates is 1. The average molecular weight is 393 g/mol. The maximum atomic E-state index is 11.2. The van der Waals surface area contributed by atoms with Gasteiger partial charge in [-0.25, -0.2) is 4.79 Å². The zero-order valence-electron chi connectivity index (χ0n) is 15.3. The van der Waals surface area contributed by atoms with E-state index in [4.69, 9.17) is 14.2 Å². The summed E-state index contributed by atoms with van der Waals surface area (Å²) in [5, 5.41) is 7.37. The normalized spacial score (nSPS) is 12.0. The zero-order chi connectivity index (χ0) is 20.2. The lowest BCUT2D eigenvalue weighted by Gasteiger charge is -2.18. The Labute approximate surface area is 164 Å². The van der Waals surface area contributed by atoms with Crippen LogP contribution in [0.15, 0.2) is 47.5 Å². The number of ether oxygens (including phenoxy) is 3. The molecule has 10 nitrogen and oxygen atoms in total. The first-order chi connectivity index (χ1) is 14.1. The first-order valence-electron chi connectivity index (χ1n) is 8.63. The number of nitrogens with one attached hydrogen (secondary N) is 1. The summed E-state index contributed by atoms with van der Waals surface area (Å²) in [4.78, 5) is 29.8. The van der Waals surface area contributed by atoms with E-state index < -0.39 is 5.97 Å². The van der Waals surface area contributed by atoms with E-state index in [1.165, 1.54) is 17.7 Å². The maximum absolute atomic E-state index is 11.2. The molecule has 29 heavy (non-hydrogen) atoms. The topological polar surface area (TPSA) is 117 Å². The fraction of sp³-hybridized carbons (Fsp3) is 0.158. The van der Waals surface area contributed by atoms with E-state index in [9.17, 15) is 9.59 Å². The van der Waals surface area contributed by atoms with Gasteiger partial charge in [0.05, 0.1) is 5.69 Å². The molecule has 0 aliphatic carbocycles. The number of carbonyl (C=O) groups is 1. The van der Waals surface area contributed by atoms with Crippen LogP contribution in [-0.2, 0) is 9.59 Å². The van der Waals surface area contributed by atoms with E-state index in [2.05, 4.69) is 20.4 Å². The summed E-state index contributed by atoms with van der Waals surface area (Å²) in [5.74, 6) is 1.36. The van der Waals surface area contributed by atoms with Crippen LogP contribution >= 0.6 is 0 Å². The minimum Gasteiger partial charge on any atom is -0.486 e. The van der Waals surface area contributed by atoms with Crippen LogP contribution in [0.4, 0.5) is 17.6 Å². The molecular formula is C19H15N5O5. The van der Waals surface area contributed by atoms with Gasteiger partial charge >= 0.3 is 5.97 Å². The van der Waals surface area contributed by atoms with Crippen LogP contribution in [0.25, 0.3) is 5.69 Å². The van der Waals surface area contributed by atoms with E-state index in [0.29, 0.717) is 41.8 Å². The van der Waals surface area contributed by atoms with Gasteiger partial charge in [-0.2, -0.15) is 9.67 Å². The van der Waals surface area contributed by atoms with Gasteiger partial charge in [0, 0.05) is 24.7 Å². The largest absolute Gasteiger partial charge is 0.486 e. The molecule has 0 bridgehead atoms. The first kappa shape index (κ1) is 18.2. The summed E-state index contributed by atoms with van der Waals surface area (Å²) in [6.45, 7) is 2.28. The Hall–Kier alpha value is -4.17. The van der Waals surface area contributed by atoms with Crippen LogP contribution in [0.5, 0.6) is 17.2 Å². The van der Waals surface area contributed by atoms with Crippen LogP contribution in [0.1, 0.15) is 6.92 Å². The van der Waals surface area contributed by atoms with Crippen molar-refractivity contribution in [3.05, 3.63) is 42.5 Å². The molecule has 0 atom stereocenters. The molecule has 0 amide bonds. The van der Waals surface area contributed by atoms with Gasteiger partial charge in [-0.1, -0.05) is 6.07 Å². The molecule has 0 fully saturated rings. The molecule has 2 aromatic carbocycles. The zero-order valence-corrected chi connectivity index (χ0v) is 15.3. The van der Waals surface area contributed by atoms with Gasteiger partial charge < -0.3 is 19.5 Å². The fourth-order valence-corrected chi connectivity index (χ4v) is 2.74. The smallest absolute Gasteiger partial charge is 0.308 e. The standard InChI is InChI=1S/C19H15N5O5/c1-12(26)29-15-4-2-3-14(10-15)24-19(20-11-25)22-18(23-24)21-13-5-6-16-17(9-13)28-8-7-27-16/h2-6,9-10H,7-8H2,1H3,(H,21,23). The molecule has 0 saturated heterocycles. The number of rotatable bonds is 5. The van der Waals surface area contributed by atoms with Crippen molar-refractivity contribution in [2.75, 3.05) is 18.5 Å². The average Bonchev–Trinajstić information content (AvgIpc) is 3.10. The van der Waals surface area contributed by atoms with Crippen LogP contribution in [-0.4, -0.2) is 40.0 Å². The molecule has 0 radical (unpaired) electrons. The third kappa shape index (κ3) is 4.07. The van der Waals surface area contributed by atoms with E-state index >= 15 is 0 Å². The van der Waals surface area contributed by atoms with E-state index in [1.54, 1.807) is 42.5 Å². The van der Waals surface area contributed by atoms with E-state index in [1.807, 2.05) is 0 Å². The van der Waals surface area contributed by atoms with Crippen molar-refractivity contribution in [2.45, 2.75) is 6.92 Å². The Kier molecular flexibility index (Phi) is 4.91. The number of aliphatic imine (C=N–C) groups is 1. The van der Waals surface area contributed by atoms with Gasteiger partial charge in [-0.3, -0.25) is 4.79 Å². The number of hydrogen-bond donors (Lipinski definition) is 1. The minimum absolute atomic E-state index is 0.0139. The number of hydrogen-bond acceptors (Lipinski definition) is 9. The summed E-state index contributed by atoms with van der Waals surface area (Å²) >= 11 is 0. The van der Waals surface area contributed by atoms with Crippen LogP contribution < -0.4 is 19.5 Å². The third-order valence-corrected chi connectivity index (χ3v) is 3.86. The highest BCUT2D eigenvalue weighted by Crippen LogP contribution is 2.33. The molecule has 2 heterocycles. The Morgan fingerprint density at radius 3 is 2.83 bits per heavy atom. The molecule has 0 unspecified atom stereocenters. The Bertz CT molecular complexity index is 1120. The van der Waals surface area contributed by atoms with Crippen molar-refractivity contribution in [1.29, 1.82) is 0 Å². The monoisotopic (exact) mass is 393 g/mol. The molecule has 0 spiro atoms. The van der Waals surface area contributed by atoms with Crippen molar-refractivity contribution in [3.8, 4) is 22.9 Å². The maximum Gasteiger partial charge on any atom is 0.308 e. The fourth-order valence-electron chi connectivity index (χ4n) is 2.74. The van der Waals surface area contributed by atoms with Crippen LogP contribution in [0.2, 0.25) is 0 Å². The van der Waals surface area contributed by atoms with Gasteiger partial charge in [0.1, 0.15) is 19.0 Å². The molecule has 10 heteroatoms. The third-order valence-electron chi connectivity index (χ3n) is 3.86. The number of fused-ring (bicyclic) bond motifs is 1. The molecule has 1 aliphatic heterocycles. The first-order valence-corrected chi connectivity index (χ1v) is 8.63. The van der Waals surface area contributed by atoms with Gasteiger partial charge in [-0.15, -0.1) is 10.1 Å². The van der Waals surface area contributed by atoms with Crippen LogP contribution in [0, 0.1) is 0 Å². The van der Waals surface area contributed by atoms with Crippen LogP contribution in [0.3, 0.4) is 0 Å². The summed E-state index contributed by atoms with van der Waals surface area (Å²) < 4.78 is 17.5. The predicted molar refractivity (Wildman–Crippen MR) is 101 cm³/mol. The minimum atomic E-state index is -0.451. The molecule has 1 N–H and O–H groups in total. The number of benzene rings is 2. The summed E-state index contributed by atoms with van der Waals surface area (Å²) in [5.41, 5.74) is 1.17. The second kappa shape index (κ2) is 7.83. The highest BCUT2D eigenvalue weighted by molar-refractivity contribution is 5.69. The Balaban J connectivity index is 1.65. The lowest BCUT2D eigenvalue weighted by molar-refractivity contribution is -0.131.